The normalized spacial score (nSPS) is 16.5. The lowest BCUT2D eigenvalue weighted by Crippen LogP contribution is -2.54. The van der Waals surface area contributed by atoms with Gasteiger partial charge in [0.2, 0.25) is 23.6 Å². The average Bonchev–Trinajstić information content (AvgIpc) is 1.61. The predicted molar refractivity (Wildman–Crippen MR) is 369 cm³/mol. The fourth-order valence-electron chi connectivity index (χ4n) is 10.2. The molecule has 9 N–H and O–H groups in total. The van der Waals surface area contributed by atoms with Crippen molar-refractivity contribution in [3.8, 4) is 0 Å². The molecule has 2 aliphatic carbocycles. The summed E-state index contributed by atoms with van der Waals surface area (Å²) in [6.07, 6.45) is -1.90. The number of rotatable bonds is 34. The number of nitrogens with zero attached hydrogens (tertiary/aromatic N) is 4. The lowest BCUT2D eigenvalue weighted by molar-refractivity contribution is -0.155. The van der Waals surface area contributed by atoms with Crippen LogP contribution in [0.5, 0.6) is 0 Å². The standard InChI is InChI=1S/C66H101N13O21S2/c1-39(2)52(56(82)68-41(5)54(80)70-45-20-16-43(17-21-45)36-98-58(84)64(7,8)9)72-60(86)95-32-29-78(30-33-96-61(87)73-53(40(3)4)57(83)69-42(6)55(81)71-46-22-18-44(19-23-46)37-99-59(85)65(10,11)12)102(92,93)76-63(89)97-35-34-94-31-28-67-101(90,91)75-62(88)100-38-49-47-24-26-50-51(27-25-48(47)49)79(77-74-50)66(13,14)15/h16-23,39-42,47-49,52-53,67H,24-38H2,1-15H3,(H,68,82)(H,69,83)(H,70,80)(H,71,81)(H,72,86)(H,73,87)(H,75,88)(H,76,89)/t41-,42-,47-,48+,49-,52-,53-/m0/s1. The molecule has 36 heteroatoms. The highest BCUT2D eigenvalue weighted by molar-refractivity contribution is 7.88. The smallest absolute Gasteiger partial charge is 0.422 e. The van der Waals surface area contributed by atoms with Gasteiger partial charge < -0.3 is 65.1 Å². The Bertz CT molecular complexity index is 3490. The number of nitrogens with one attached hydrogen (secondary N) is 9. The van der Waals surface area contributed by atoms with E-state index in [2.05, 4.69) is 67.7 Å². The van der Waals surface area contributed by atoms with Crippen molar-refractivity contribution in [1.82, 2.24) is 54.7 Å². The van der Waals surface area contributed by atoms with E-state index in [1.807, 2.05) is 4.68 Å². The maximum atomic E-state index is 13.8. The van der Waals surface area contributed by atoms with Crippen molar-refractivity contribution in [2.75, 3.05) is 69.9 Å². The zero-order chi connectivity index (χ0) is 76.1. The first kappa shape index (κ1) is 83.9. The van der Waals surface area contributed by atoms with Gasteiger partial charge in [0.1, 0.15) is 57.2 Å². The molecule has 8 amide bonds. The SMILES string of the molecule is CC(C)[C@H](NC(=O)OCCN(CCOC(=O)N[C@H](C(=O)N[C@@H](C)C(=O)Nc1ccc(COC(=O)C(C)(C)C)cc1)C(C)C)S(=O)(=O)NC(=O)OCCOCCNS(=O)(=O)NC(=O)OC[C@@H]1[C@@H]2CCc3c(nnn3C(C)(C)C)CC[C@@H]21)C(=O)N[C@@H](C)C(=O)Nc1ccc(COC(=O)C(C)(C)C)cc1. The highest BCUT2D eigenvalue weighted by Gasteiger charge is 2.51. The van der Waals surface area contributed by atoms with Crippen molar-refractivity contribution in [2.45, 2.75) is 172 Å². The second-order valence-corrected chi connectivity index (χ2v) is 31.6. The second-order valence-electron chi connectivity index (χ2n) is 28.5. The van der Waals surface area contributed by atoms with Gasteiger partial charge in [0, 0.05) is 31.0 Å². The molecule has 2 aliphatic rings. The Labute approximate surface area is 595 Å². The van der Waals surface area contributed by atoms with Gasteiger partial charge in [-0.15, -0.1) is 5.10 Å². The summed E-state index contributed by atoms with van der Waals surface area (Å²) in [6.45, 7) is 21.3. The van der Waals surface area contributed by atoms with Crippen LogP contribution in [0.25, 0.3) is 0 Å². The van der Waals surface area contributed by atoms with Crippen molar-refractivity contribution in [1.29, 1.82) is 0 Å². The number of hydrogen-bond acceptors (Lipinski definition) is 23. The Balaban J connectivity index is 1.11. The molecule has 0 radical (unpaired) electrons. The van der Waals surface area contributed by atoms with E-state index < -0.39 is 148 Å². The van der Waals surface area contributed by atoms with Crippen LogP contribution in [0.3, 0.4) is 0 Å². The number of anilines is 2. The maximum absolute atomic E-state index is 13.8. The van der Waals surface area contributed by atoms with E-state index in [1.165, 1.54) is 13.8 Å². The summed E-state index contributed by atoms with van der Waals surface area (Å²) in [5.41, 5.74) is 2.51. The average molecular weight is 1480 g/mol. The van der Waals surface area contributed by atoms with E-state index in [4.69, 9.17) is 33.2 Å². The van der Waals surface area contributed by atoms with E-state index in [1.54, 1.807) is 127 Å². The van der Waals surface area contributed by atoms with E-state index in [0.29, 0.717) is 38.6 Å². The first-order valence-corrected chi connectivity index (χ1v) is 36.5. The van der Waals surface area contributed by atoms with Crippen LogP contribution in [0.2, 0.25) is 0 Å². The Hall–Kier alpha value is -8.74. The Morgan fingerprint density at radius 1 is 0.529 bits per heavy atom. The number of aromatic nitrogens is 3. The Morgan fingerprint density at radius 3 is 1.41 bits per heavy atom. The largest absolute Gasteiger partial charge is 0.460 e. The summed E-state index contributed by atoms with van der Waals surface area (Å²) in [5, 5.41) is 24.0. The van der Waals surface area contributed by atoms with Gasteiger partial charge in [0.15, 0.2) is 0 Å². The molecule has 34 nitrogen and oxygen atoms in total. The Kier molecular flexibility index (Phi) is 30.8. The number of benzene rings is 2. The third-order valence-electron chi connectivity index (χ3n) is 16.1. The van der Waals surface area contributed by atoms with Crippen LogP contribution in [-0.4, -0.2) is 180 Å². The molecular formula is C66H101N13O21S2. The first-order chi connectivity index (χ1) is 47.5. The molecule has 2 aromatic carbocycles. The number of hydrogen-bond donors (Lipinski definition) is 9. The molecule has 0 saturated heterocycles. The minimum Gasteiger partial charge on any atom is -0.460 e. The molecule has 568 valence electrons. The summed E-state index contributed by atoms with van der Waals surface area (Å²) in [5.74, 6) is -4.07. The third-order valence-corrected chi connectivity index (χ3v) is 18.6. The zero-order valence-electron chi connectivity index (χ0n) is 60.6. The minimum atomic E-state index is -4.96. The number of carbonyl (C=O) groups is 10. The molecule has 0 unspecified atom stereocenters. The molecular weight excluding hydrogens is 1370 g/mol. The molecule has 1 saturated carbocycles. The molecule has 5 rings (SSSR count). The summed E-state index contributed by atoms with van der Waals surface area (Å²) >= 11 is 0. The van der Waals surface area contributed by atoms with Crippen molar-refractivity contribution < 1.29 is 97.9 Å². The molecule has 0 aliphatic heterocycles. The highest BCUT2D eigenvalue weighted by atomic mass is 32.2. The summed E-state index contributed by atoms with van der Waals surface area (Å²) in [4.78, 5) is 130. The van der Waals surface area contributed by atoms with Crippen molar-refractivity contribution in [3.05, 3.63) is 71.0 Å². The van der Waals surface area contributed by atoms with Crippen LogP contribution in [0.15, 0.2) is 48.5 Å². The molecule has 1 fully saturated rings. The summed E-state index contributed by atoms with van der Waals surface area (Å²) in [6, 6.07) is 8.09. The third kappa shape index (κ3) is 27.6. The molecule has 0 spiro atoms. The number of ether oxygens (including phenoxy) is 7. The Morgan fingerprint density at radius 2 is 0.971 bits per heavy atom. The van der Waals surface area contributed by atoms with Crippen molar-refractivity contribution >= 4 is 91.7 Å². The van der Waals surface area contributed by atoms with E-state index in [-0.39, 0.29) is 63.0 Å². The van der Waals surface area contributed by atoms with Crippen LogP contribution in [0, 0.1) is 40.4 Å². The lowest BCUT2D eigenvalue weighted by atomic mass is 9.97. The van der Waals surface area contributed by atoms with E-state index in [9.17, 15) is 64.8 Å². The molecule has 1 aromatic heterocycles. The van der Waals surface area contributed by atoms with Gasteiger partial charge in [0.05, 0.1) is 47.6 Å². The van der Waals surface area contributed by atoms with Crippen LogP contribution < -0.4 is 46.1 Å². The lowest BCUT2D eigenvalue weighted by Gasteiger charge is -2.25. The summed E-state index contributed by atoms with van der Waals surface area (Å²) in [7, 11) is -9.35. The van der Waals surface area contributed by atoms with Gasteiger partial charge in [-0.3, -0.25) is 28.8 Å². The van der Waals surface area contributed by atoms with E-state index in [0.717, 1.165) is 37.1 Å². The zero-order valence-corrected chi connectivity index (χ0v) is 62.2. The van der Waals surface area contributed by atoms with Crippen molar-refractivity contribution in [3.63, 3.8) is 0 Å². The number of alkyl carbamates (subject to hydrolysis) is 2. The van der Waals surface area contributed by atoms with Crippen molar-refractivity contribution in [2.24, 2.45) is 40.4 Å². The van der Waals surface area contributed by atoms with Gasteiger partial charge in [0.25, 0.3) is 0 Å². The van der Waals surface area contributed by atoms with Gasteiger partial charge in [-0.2, -0.15) is 25.9 Å². The van der Waals surface area contributed by atoms with Gasteiger partial charge in [-0.25, -0.2) is 33.3 Å². The number of aryl methyl sites for hydroxylation is 1. The monoisotopic (exact) mass is 1480 g/mol. The van der Waals surface area contributed by atoms with Gasteiger partial charge >= 0.3 is 56.7 Å². The maximum Gasteiger partial charge on any atom is 0.422 e. The molecule has 3 aromatic rings. The number of esters is 2. The number of amides is 8. The van der Waals surface area contributed by atoms with Crippen LogP contribution in [0.4, 0.5) is 30.6 Å². The molecule has 1 heterocycles. The van der Waals surface area contributed by atoms with Crippen LogP contribution in [0.1, 0.15) is 139 Å². The first-order valence-electron chi connectivity index (χ1n) is 33.6. The van der Waals surface area contributed by atoms with Gasteiger partial charge in [-0.05, 0) is 167 Å². The quantitative estimate of drug-likeness (QED) is 0.0224. The molecule has 0 bridgehead atoms. The number of carbonyl (C=O) groups excluding carboxylic acids is 10. The topological polar surface area (TPSA) is 446 Å². The predicted octanol–water partition coefficient (Wildman–Crippen LogP) is 4.59. The van der Waals surface area contributed by atoms with E-state index >= 15 is 0 Å². The highest BCUT2D eigenvalue weighted by Crippen LogP contribution is 2.53. The van der Waals surface area contributed by atoms with Crippen LogP contribution in [-0.2, 0) is 114 Å². The van der Waals surface area contributed by atoms with Crippen LogP contribution >= 0.6 is 0 Å². The molecule has 102 heavy (non-hydrogen) atoms. The second kappa shape index (κ2) is 37.4. The fraction of sp³-hybridized carbons (Fsp3) is 0.636. The fourth-order valence-corrected chi connectivity index (χ4v) is 11.9. The molecule has 7 atom stereocenters. The minimum absolute atomic E-state index is 0.0128. The summed E-state index contributed by atoms with van der Waals surface area (Å²) < 4.78 is 97.7. The van der Waals surface area contributed by atoms with Gasteiger partial charge in [-0.1, -0.05) is 57.2 Å². The number of fused-ring (bicyclic) bond motifs is 2.